The largest absolute Gasteiger partial charge is 0.462 e. The molecule has 0 aliphatic carbocycles. The number of para-hydroxylation sites is 1. The van der Waals surface area contributed by atoms with Crippen molar-refractivity contribution in [2.24, 2.45) is 0 Å². The van der Waals surface area contributed by atoms with Crippen LogP contribution in [0.2, 0.25) is 0 Å². The van der Waals surface area contributed by atoms with Gasteiger partial charge in [-0.15, -0.1) is 11.3 Å². The van der Waals surface area contributed by atoms with Crippen molar-refractivity contribution in [3.8, 4) is 6.07 Å². The van der Waals surface area contributed by atoms with E-state index in [0.29, 0.717) is 28.2 Å². The van der Waals surface area contributed by atoms with Crippen LogP contribution in [0, 0.1) is 11.3 Å². The van der Waals surface area contributed by atoms with Gasteiger partial charge in [0.25, 0.3) is 5.91 Å². The Morgan fingerprint density at radius 3 is 2.65 bits per heavy atom. The van der Waals surface area contributed by atoms with E-state index in [-0.39, 0.29) is 12.5 Å². The van der Waals surface area contributed by atoms with Gasteiger partial charge in [0.05, 0.1) is 28.3 Å². The molecule has 0 unspecified atom stereocenters. The van der Waals surface area contributed by atoms with Crippen LogP contribution in [-0.4, -0.2) is 25.0 Å². The predicted molar refractivity (Wildman–Crippen MR) is 88.8 cm³/mol. The molecule has 2 aromatic rings. The topological polar surface area (TPSA) is 70.4 Å². The van der Waals surface area contributed by atoms with Crippen LogP contribution in [0.5, 0.6) is 0 Å². The molecule has 1 amide bonds. The Balaban J connectivity index is 2.40. The summed E-state index contributed by atoms with van der Waals surface area (Å²) in [5, 5.41) is 10.5. The molecule has 1 aromatic heterocycles. The lowest BCUT2D eigenvalue weighted by Gasteiger charge is -2.22. The van der Waals surface area contributed by atoms with Crippen LogP contribution < -0.4 is 4.90 Å². The lowest BCUT2D eigenvalue weighted by atomic mass is 10.1. The van der Waals surface area contributed by atoms with Gasteiger partial charge in [-0.3, -0.25) is 4.79 Å². The first-order valence-electron chi connectivity index (χ1n) is 7.19. The molecular formula is C17H16N2O3S. The summed E-state index contributed by atoms with van der Waals surface area (Å²) >= 11 is 1.22. The average Bonchev–Trinajstić information content (AvgIpc) is 3.05. The minimum atomic E-state index is -0.460. The zero-order valence-corrected chi connectivity index (χ0v) is 13.7. The number of benzene rings is 1. The molecule has 5 nitrogen and oxygen atoms in total. The summed E-state index contributed by atoms with van der Waals surface area (Å²) in [7, 11) is 0. The standard InChI is InChI=1S/C17H16N2O3S/c1-3-19(16(20)15-9-12(10-18)11-23-15)14-8-6-5-7-13(14)17(21)22-4-2/h5-9,11H,3-4H2,1-2H3. The van der Waals surface area contributed by atoms with Gasteiger partial charge in [-0.05, 0) is 32.0 Å². The van der Waals surface area contributed by atoms with Crippen molar-refractivity contribution in [3.63, 3.8) is 0 Å². The minimum absolute atomic E-state index is 0.240. The van der Waals surface area contributed by atoms with E-state index < -0.39 is 5.97 Å². The summed E-state index contributed by atoms with van der Waals surface area (Å²) < 4.78 is 5.05. The first-order valence-corrected chi connectivity index (χ1v) is 8.07. The van der Waals surface area contributed by atoms with Crippen LogP contribution in [0.25, 0.3) is 0 Å². The molecule has 0 atom stereocenters. The van der Waals surface area contributed by atoms with E-state index in [9.17, 15) is 9.59 Å². The lowest BCUT2D eigenvalue weighted by molar-refractivity contribution is 0.0527. The molecule has 0 N–H and O–H groups in total. The molecule has 0 bridgehead atoms. The highest BCUT2D eigenvalue weighted by atomic mass is 32.1. The van der Waals surface area contributed by atoms with Gasteiger partial charge < -0.3 is 9.64 Å². The van der Waals surface area contributed by atoms with E-state index in [1.54, 1.807) is 42.6 Å². The SMILES string of the molecule is CCOC(=O)c1ccccc1N(CC)C(=O)c1cc(C#N)cs1. The Bertz CT molecular complexity index is 761. The molecule has 0 radical (unpaired) electrons. The second-order valence-corrected chi connectivity index (χ2v) is 5.51. The molecule has 6 heteroatoms. The Hall–Kier alpha value is -2.65. The maximum Gasteiger partial charge on any atom is 0.340 e. The zero-order valence-electron chi connectivity index (χ0n) is 12.9. The summed E-state index contributed by atoms with van der Waals surface area (Å²) in [4.78, 5) is 26.8. The molecule has 0 aliphatic rings. The van der Waals surface area contributed by atoms with Gasteiger partial charge in [0.2, 0.25) is 0 Å². The highest BCUT2D eigenvalue weighted by Crippen LogP contribution is 2.25. The summed E-state index contributed by atoms with van der Waals surface area (Å²) in [6.07, 6.45) is 0. The number of thiophene rings is 1. The van der Waals surface area contributed by atoms with Crippen molar-refractivity contribution in [1.29, 1.82) is 5.26 Å². The molecule has 0 spiro atoms. The van der Waals surface area contributed by atoms with Gasteiger partial charge >= 0.3 is 5.97 Å². The van der Waals surface area contributed by atoms with Crippen molar-refractivity contribution in [2.45, 2.75) is 13.8 Å². The normalized spacial score (nSPS) is 9.96. The molecule has 0 aliphatic heterocycles. The van der Waals surface area contributed by atoms with E-state index in [2.05, 4.69) is 0 Å². The lowest BCUT2D eigenvalue weighted by Crippen LogP contribution is -2.31. The second-order valence-electron chi connectivity index (χ2n) is 4.60. The molecule has 0 saturated carbocycles. The Morgan fingerprint density at radius 2 is 2.04 bits per heavy atom. The number of rotatable bonds is 5. The van der Waals surface area contributed by atoms with Gasteiger partial charge in [0, 0.05) is 11.9 Å². The van der Waals surface area contributed by atoms with E-state index in [4.69, 9.17) is 10.00 Å². The number of hydrogen-bond acceptors (Lipinski definition) is 5. The molecule has 23 heavy (non-hydrogen) atoms. The number of nitriles is 1. The first kappa shape index (κ1) is 16.7. The third-order valence-electron chi connectivity index (χ3n) is 3.19. The van der Waals surface area contributed by atoms with Gasteiger partial charge in [-0.25, -0.2) is 4.79 Å². The Labute approximate surface area is 138 Å². The van der Waals surface area contributed by atoms with Crippen LogP contribution in [-0.2, 0) is 4.74 Å². The number of hydrogen-bond donors (Lipinski definition) is 0. The summed E-state index contributed by atoms with van der Waals surface area (Å²) in [6.45, 7) is 4.23. The molecule has 1 aromatic carbocycles. The highest BCUT2D eigenvalue weighted by Gasteiger charge is 2.23. The smallest absolute Gasteiger partial charge is 0.340 e. The second kappa shape index (κ2) is 7.56. The summed E-state index contributed by atoms with van der Waals surface area (Å²) in [5.74, 6) is -0.700. The molecular weight excluding hydrogens is 312 g/mol. The number of esters is 1. The summed E-state index contributed by atoms with van der Waals surface area (Å²) in [6, 6.07) is 10.4. The van der Waals surface area contributed by atoms with Crippen LogP contribution in [0.15, 0.2) is 35.7 Å². The van der Waals surface area contributed by atoms with Crippen LogP contribution in [0.1, 0.15) is 39.4 Å². The van der Waals surface area contributed by atoms with Crippen LogP contribution >= 0.6 is 11.3 Å². The molecule has 2 rings (SSSR count). The van der Waals surface area contributed by atoms with Crippen LogP contribution in [0.3, 0.4) is 0 Å². The molecule has 0 saturated heterocycles. The number of anilines is 1. The Kier molecular flexibility index (Phi) is 5.50. The van der Waals surface area contributed by atoms with Gasteiger partial charge in [0.1, 0.15) is 6.07 Å². The quantitative estimate of drug-likeness (QED) is 0.788. The average molecular weight is 328 g/mol. The summed E-state index contributed by atoms with van der Waals surface area (Å²) in [5.41, 5.74) is 1.31. The maximum absolute atomic E-state index is 12.7. The van der Waals surface area contributed by atoms with Crippen molar-refractivity contribution < 1.29 is 14.3 Å². The van der Waals surface area contributed by atoms with E-state index in [0.717, 1.165) is 0 Å². The third-order valence-corrected chi connectivity index (χ3v) is 4.11. The van der Waals surface area contributed by atoms with Gasteiger partial charge in [-0.2, -0.15) is 5.26 Å². The number of carbonyl (C=O) groups is 2. The maximum atomic E-state index is 12.7. The third kappa shape index (κ3) is 3.58. The molecule has 1 heterocycles. The monoisotopic (exact) mass is 328 g/mol. The highest BCUT2D eigenvalue weighted by molar-refractivity contribution is 7.12. The van der Waals surface area contributed by atoms with E-state index in [1.807, 2.05) is 13.0 Å². The Morgan fingerprint density at radius 1 is 1.30 bits per heavy atom. The van der Waals surface area contributed by atoms with Crippen molar-refractivity contribution in [2.75, 3.05) is 18.1 Å². The van der Waals surface area contributed by atoms with Gasteiger partial charge in [0.15, 0.2) is 0 Å². The fourth-order valence-electron chi connectivity index (χ4n) is 2.15. The first-order chi connectivity index (χ1) is 11.1. The van der Waals surface area contributed by atoms with E-state index >= 15 is 0 Å². The molecule has 0 fully saturated rings. The zero-order chi connectivity index (χ0) is 16.8. The fourth-order valence-corrected chi connectivity index (χ4v) is 2.93. The van der Waals surface area contributed by atoms with Crippen LogP contribution in [0.4, 0.5) is 5.69 Å². The number of ether oxygens (including phenoxy) is 1. The minimum Gasteiger partial charge on any atom is -0.462 e. The number of carbonyl (C=O) groups excluding carboxylic acids is 2. The van der Waals surface area contributed by atoms with Crippen molar-refractivity contribution in [3.05, 3.63) is 51.7 Å². The number of nitrogens with zero attached hydrogens (tertiary/aromatic N) is 2. The van der Waals surface area contributed by atoms with Crippen molar-refractivity contribution in [1.82, 2.24) is 0 Å². The van der Waals surface area contributed by atoms with Crippen molar-refractivity contribution >= 4 is 28.9 Å². The molecule has 118 valence electrons. The predicted octanol–water partition coefficient (Wildman–Crippen LogP) is 3.46. The van der Waals surface area contributed by atoms with Gasteiger partial charge in [-0.1, -0.05) is 12.1 Å². The fraction of sp³-hybridized carbons (Fsp3) is 0.235. The van der Waals surface area contributed by atoms with E-state index in [1.165, 1.54) is 16.2 Å². The number of amides is 1.